The molecule has 0 radical (unpaired) electrons. The minimum Gasteiger partial charge on any atom is -0.354 e. The van der Waals surface area contributed by atoms with Crippen LogP contribution in [0.1, 0.15) is 20.3 Å². The Kier molecular flexibility index (Phi) is 4.08. The molecule has 1 saturated heterocycles. The lowest BCUT2D eigenvalue weighted by Crippen LogP contribution is -2.48. The van der Waals surface area contributed by atoms with E-state index in [2.05, 4.69) is 10.6 Å². The number of hydrogen-bond donors (Lipinski definition) is 2. The van der Waals surface area contributed by atoms with Gasteiger partial charge in [0.1, 0.15) is 6.04 Å². The summed E-state index contributed by atoms with van der Waals surface area (Å²) in [7, 11) is 1.84. The van der Waals surface area contributed by atoms with Crippen LogP contribution in [-0.2, 0) is 9.59 Å². The summed E-state index contributed by atoms with van der Waals surface area (Å²) in [6, 6.07) is -0.168. The number of amides is 2. The van der Waals surface area contributed by atoms with Gasteiger partial charge in [0, 0.05) is 25.6 Å². The molecule has 2 unspecified atom stereocenters. The lowest BCUT2D eigenvalue weighted by molar-refractivity contribution is -0.137. The molecule has 0 aliphatic carbocycles. The summed E-state index contributed by atoms with van der Waals surface area (Å²) in [5.74, 6) is -0.0212. The summed E-state index contributed by atoms with van der Waals surface area (Å²) >= 11 is 0. The Morgan fingerprint density at radius 1 is 1.60 bits per heavy atom. The van der Waals surface area contributed by atoms with E-state index in [0.29, 0.717) is 19.5 Å². The van der Waals surface area contributed by atoms with Crippen molar-refractivity contribution in [2.24, 2.45) is 0 Å². The lowest BCUT2D eigenvalue weighted by atomic mass is 10.2. The van der Waals surface area contributed by atoms with Crippen LogP contribution in [-0.4, -0.2) is 48.9 Å². The van der Waals surface area contributed by atoms with E-state index in [4.69, 9.17) is 0 Å². The molecule has 5 heteroatoms. The van der Waals surface area contributed by atoms with Gasteiger partial charge in [-0.1, -0.05) is 0 Å². The Morgan fingerprint density at radius 2 is 2.27 bits per heavy atom. The van der Waals surface area contributed by atoms with E-state index in [1.54, 1.807) is 11.8 Å². The molecule has 86 valence electrons. The van der Waals surface area contributed by atoms with Crippen LogP contribution in [0.5, 0.6) is 0 Å². The summed E-state index contributed by atoms with van der Waals surface area (Å²) in [6.07, 6.45) is 0.395. The molecular formula is C10H19N3O2. The van der Waals surface area contributed by atoms with Gasteiger partial charge in [0.2, 0.25) is 11.8 Å². The molecule has 1 aliphatic rings. The van der Waals surface area contributed by atoms with Crippen molar-refractivity contribution in [1.29, 1.82) is 0 Å². The topological polar surface area (TPSA) is 61.4 Å². The first-order valence-electron chi connectivity index (χ1n) is 5.30. The Hall–Kier alpha value is -1.10. The van der Waals surface area contributed by atoms with Crippen molar-refractivity contribution in [3.8, 4) is 0 Å². The molecule has 0 aromatic rings. The van der Waals surface area contributed by atoms with Crippen molar-refractivity contribution >= 4 is 11.8 Å². The van der Waals surface area contributed by atoms with Crippen LogP contribution >= 0.6 is 0 Å². The summed E-state index contributed by atoms with van der Waals surface area (Å²) in [4.78, 5) is 24.9. The monoisotopic (exact) mass is 213 g/mol. The van der Waals surface area contributed by atoms with E-state index < -0.39 is 0 Å². The highest BCUT2D eigenvalue weighted by molar-refractivity contribution is 5.89. The molecule has 2 atom stereocenters. The first-order chi connectivity index (χ1) is 7.06. The predicted molar refractivity (Wildman–Crippen MR) is 57.3 cm³/mol. The maximum Gasteiger partial charge on any atom is 0.242 e. The second-order valence-corrected chi connectivity index (χ2v) is 3.95. The van der Waals surface area contributed by atoms with Crippen molar-refractivity contribution in [2.45, 2.75) is 32.4 Å². The highest BCUT2D eigenvalue weighted by Gasteiger charge is 2.29. The number of carbonyl (C=O) groups is 2. The highest BCUT2D eigenvalue weighted by Crippen LogP contribution is 2.07. The van der Waals surface area contributed by atoms with Crippen molar-refractivity contribution in [3.05, 3.63) is 0 Å². The molecule has 1 aliphatic heterocycles. The number of nitrogens with one attached hydrogen (secondary N) is 2. The van der Waals surface area contributed by atoms with Gasteiger partial charge in [0.15, 0.2) is 0 Å². The summed E-state index contributed by atoms with van der Waals surface area (Å²) in [5.41, 5.74) is 0. The van der Waals surface area contributed by atoms with E-state index in [0.717, 1.165) is 0 Å². The SMILES string of the molecule is CNC(C)CN1C(=O)CCNC(=O)C1C. The average molecular weight is 213 g/mol. The fourth-order valence-corrected chi connectivity index (χ4v) is 1.59. The molecule has 0 aromatic heterocycles. The summed E-state index contributed by atoms with van der Waals surface area (Å²) in [6.45, 7) is 4.78. The maximum absolute atomic E-state index is 11.7. The molecule has 0 aromatic carbocycles. The normalized spacial score (nSPS) is 24.7. The van der Waals surface area contributed by atoms with Crippen molar-refractivity contribution in [3.63, 3.8) is 0 Å². The van der Waals surface area contributed by atoms with Crippen LogP contribution in [0.4, 0.5) is 0 Å². The maximum atomic E-state index is 11.7. The van der Waals surface area contributed by atoms with Crippen molar-refractivity contribution in [1.82, 2.24) is 15.5 Å². The van der Waals surface area contributed by atoms with Gasteiger partial charge in [-0.05, 0) is 20.9 Å². The number of likely N-dealkylation sites (N-methyl/N-ethyl adjacent to an activating group) is 1. The van der Waals surface area contributed by atoms with Gasteiger partial charge in [-0.25, -0.2) is 0 Å². The Morgan fingerprint density at radius 3 is 2.87 bits per heavy atom. The molecular weight excluding hydrogens is 194 g/mol. The third-order valence-corrected chi connectivity index (χ3v) is 2.77. The van der Waals surface area contributed by atoms with E-state index in [1.807, 2.05) is 14.0 Å². The zero-order valence-electron chi connectivity index (χ0n) is 9.54. The van der Waals surface area contributed by atoms with E-state index in [-0.39, 0.29) is 23.9 Å². The standard InChI is InChI=1S/C10H19N3O2/c1-7(11-3)6-13-8(2)10(15)12-5-4-9(13)14/h7-8,11H,4-6H2,1-3H3,(H,12,15). The summed E-state index contributed by atoms with van der Waals surface area (Å²) < 4.78 is 0. The van der Waals surface area contributed by atoms with E-state index in [9.17, 15) is 9.59 Å². The fraction of sp³-hybridized carbons (Fsp3) is 0.800. The van der Waals surface area contributed by atoms with Gasteiger partial charge in [-0.2, -0.15) is 0 Å². The van der Waals surface area contributed by atoms with Gasteiger partial charge in [-0.15, -0.1) is 0 Å². The van der Waals surface area contributed by atoms with Gasteiger partial charge in [0.05, 0.1) is 0 Å². The summed E-state index contributed by atoms with van der Waals surface area (Å²) in [5, 5.41) is 5.79. The van der Waals surface area contributed by atoms with Gasteiger partial charge >= 0.3 is 0 Å². The molecule has 2 N–H and O–H groups in total. The molecule has 15 heavy (non-hydrogen) atoms. The third-order valence-electron chi connectivity index (χ3n) is 2.77. The molecule has 2 amide bonds. The minimum absolute atomic E-state index is 0.0444. The largest absolute Gasteiger partial charge is 0.354 e. The quantitative estimate of drug-likeness (QED) is 0.653. The van der Waals surface area contributed by atoms with Crippen LogP contribution in [0.3, 0.4) is 0 Å². The van der Waals surface area contributed by atoms with Crippen molar-refractivity contribution < 1.29 is 9.59 Å². The number of hydrogen-bond acceptors (Lipinski definition) is 3. The van der Waals surface area contributed by atoms with Crippen LogP contribution in [0.2, 0.25) is 0 Å². The van der Waals surface area contributed by atoms with Crippen LogP contribution < -0.4 is 10.6 Å². The Balaban J connectivity index is 2.71. The molecule has 0 bridgehead atoms. The van der Waals surface area contributed by atoms with Gasteiger partial charge < -0.3 is 15.5 Å². The predicted octanol–water partition coefficient (Wildman–Crippen LogP) is -0.669. The van der Waals surface area contributed by atoms with Gasteiger partial charge in [0.25, 0.3) is 0 Å². The Labute approximate surface area is 90.2 Å². The first-order valence-corrected chi connectivity index (χ1v) is 5.30. The minimum atomic E-state index is -0.365. The number of nitrogens with zero attached hydrogens (tertiary/aromatic N) is 1. The Bertz CT molecular complexity index is 255. The molecule has 1 heterocycles. The smallest absolute Gasteiger partial charge is 0.242 e. The molecule has 5 nitrogen and oxygen atoms in total. The van der Waals surface area contributed by atoms with Crippen molar-refractivity contribution in [2.75, 3.05) is 20.1 Å². The molecule has 0 saturated carbocycles. The molecule has 0 spiro atoms. The third kappa shape index (κ3) is 2.92. The average Bonchev–Trinajstić information content (AvgIpc) is 2.33. The second kappa shape index (κ2) is 5.11. The zero-order chi connectivity index (χ0) is 11.4. The second-order valence-electron chi connectivity index (χ2n) is 3.95. The van der Waals surface area contributed by atoms with Crippen LogP contribution in [0.25, 0.3) is 0 Å². The van der Waals surface area contributed by atoms with Crippen LogP contribution in [0.15, 0.2) is 0 Å². The zero-order valence-corrected chi connectivity index (χ0v) is 9.54. The van der Waals surface area contributed by atoms with E-state index >= 15 is 0 Å². The molecule has 1 rings (SSSR count). The highest BCUT2D eigenvalue weighted by atomic mass is 16.2. The van der Waals surface area contributed by atoms with Crippen LogP contribution in [0, 0.1) is 0 Å². The lowest BCUT2D eigenvalue weighted by Gasteiger charge is -2.28. The van der Waals surface area contributed by atoms with E-state index in [1.165, 1.54) is 0 Å². The fourth-order valence-electron chi connectivity index (χ4n) is 1.59. The molecule has 1 fully saturated rings. The number of carbonyl (C=O) groups excluding carboxylic acids is 2. The number of rotatable bonds is 3. The van der Waals surface area contributed by atoms with Gasteiger partial charge in [-0.3, -0.25) is 9.59 Å². The first kappa shape index (κ1) is 12.0.